The number of benzene rings is 1. The highest BCUT2D eigenvalue weighted by Crippen LogP contribution is 2.08. The molecule has 1 atom stereocenters. The van der Waals surface area contributed by atoms with E-state index in [1.165, 1.54) is 0 Å². The number of carbonyl (C=O) groups is 1. The number of carboxylic acids is 1. The van der Waals surface area contributed by atoms with Crippen LogP contribution in [-0.2, 0) is 11.2 Å². The van der Waals surface area contributed by atoms with Crippen LogP contribution in [0, 0.1) is 12.5 Å². The van der Waals surface area contributed by atoms with E-state index in [0.29, 0.717) is 0 Å². The van der Waals surface area contributed by atoms with Gasteiger partial charge in [-0.2, -0.15) is 5.11 Å². The molecule has 90 valence electrons. The molecule has 1 rings (SSSR count). The first-order chi connectivity index (χ1) is 6.63. The van der Waals surface area contributed by atoms with Gasteiger partial charge in [-0.25, -0.2) is 10.3 Å². The maximum absolute atomic E-state index is 10.6. The molecule has 1 aromatic carbocycles. The summed E-state index contributed by atoms with van der Waals surface area (Å²) in [6.45, 7) is 1.97. The zero-order valence-electron chi connectivity index (χ0n) is 8.71. The Kier molecular flexibility index (Phi) is 8.71. The standard InChI is InChI=1S/C10H12N2O2.2ClH/c1-7-2-4-8(5-3-7)6-9(12-11)10(13)14;;/h2-5,9,11H,6H2,1H3,(H,13,14);2*1H/t9-;;/m0../s1. The van der Waals surface area contributed by atoms with Gasteiger partial charge in [0.2, 0.25) is 0 Å². The van der Waals surface area contributed by atoms with Crippen LogP contribution in [0.15, 0.2) is 29.4 Å². The summed E-state index contributed by atoms with van der Waals surface area (Å²) in [6, 6.07) is 6.58. The molecule has 1 aromatic rings. The zero-order valence-corrected chi connectivity index (χ0v) is 10.3. The summed E-state index contributed by atoms with van der Waals surface area (Å²) in [5, 5.41) is 11.7. The highest BCUT2D eigenvalue weighted by molar-refractivity contribution is 5.85. The zero-order chi connectivity index (χ0) is 10.6. The Hall–Kier alpha value is -1.13. The third-order valence-electron chi connectivity index (χ3n) is 1.99. The minimum atomic E-state index is -1.06. The van der Waals surface area contributed by atoms with Crippen LogP contribution >= 0.6 is 24.8 Å². The summed E-state index contributed by atoms with van der Waals surface area (Å²) in [6.07, 6.45) is 0.277. The molecule has 0 saturated carbocycles. The van der Waals surface area contributed by atoms with E-state index in [1.54, 1.807) is 0 Å². The van der Waals surface area contributed by atoms with Gasteiger partial charge in [0.05, 0.1) is 0 Å². The van der Waals surface area contributed by atoms with E-state index in [2.05, 4.69) is 5.11 Å². The summed E-state index contributed by atoms with van der Waals surface area (Å²) >= 11 is 0. The Morgan fingerprint density at radius 1 is 1.38 bits per heavy atom. The van der Waals surface area contributed by atoms with Gasteiger partial charge < -0.3 is 5.11 Å². The summed E-state index contributed by atoms with van der Waals surface area (Å²) in [5.41, 5.74) is 8.74. The Balaban J connectivity index is 0. The predicted molar refractivity (Wildman–Crippen MR) is 66.0 cm³/mol. The number of halogens is 2. The average Bonchev–Trinajstić information content (AvgIpc) is 2.16. The minimum Gasteiger partial charge on any atom is -0.480 e. The molecule has 0 aliphatic carbocycles. The molecule has 0 aliphatic rings. The highest BCUT2D eigenvalue weighted by atomic mass is 35.5. The van der Waals surface area contributed by atoms with E-state index in [1.807, 2.05) is 31.2 Å². The van der Waals surface area contributed by atoms with Gasteiger partial charge in [-0.3, -0.25) is 0 Å². The van der Waals surface area contributed by atoms with Crippen molar-refractivity contribution in [2.45, 2.75) is 19.4 Å². The van der Waals surface area contributed by atoms with Gasteiger partial charge in [0.15, 0.2) is 6.04 Å². The monoisotopic (exact) mass is 264 g/mol. The van der Waals surface area contributed by atoms with Crippen molar-refractivity contribution in [1.29, 1.82) is 5.53 Å². The molecule has 4 nitrogen and oxygen atoms in total. The van der Waals surface area contributed by atoms with Gasteiger partial charge in [0, 0.05) is 6.42 Å². The Labute approximate surface area is 106 Å². The van der Waals surface area contributed by atoms with E-state index >= 15 is 0 Å². The second kappa shape index (κ2) is 8.07. The summed E-state index contributed by atoms with van der Waals surface area (Å²) < 4.78 is 0. The number of hydrogen-bond acceptors (Lipinski definition) is 3. The number of carboxylic acid groups (broad SMARTS) is 1. The van der Waals surface area contributed by atoms with Crippen LogP contribution in [0.25, 0.3) is 0 Å². The van der Waals surface area contributed by atoms with Crippen LogP contribution in [-0.4, -0.2) is 17.1 Å². The lowest BCUT2D eigenvalue weighted by Gasteiger charge is -2.05. The van der Waals surface area contributed by atoms with Gasteiger partial charge >= 0.3 is 5.97 Å². The molecule has 0 bridgehead atoms. The molecule has 0 aromatic heterocycles. The third-order valence-corrected chi connectivity index (χ3v) is 1.99. The van der Waals surface area contributed by atoms with Crippen LogP contribution in [0.5, 0.6) is 0 Å². The van der Waals surface area contributed by atoms with E-state index in [9.17, 15) is 4.79 Å². The SMILES string of the molecule is Cc1ccc(C[C@H](N=N)C(=O)O)cc1.Cl.Cl. The van der Waals surface area contributed by atoms with Crippen molar-refractivity contribution in [3.8, 4) is 0 Å². The molecule has 0 radical (unpaired) electrons. The van der Waals surface area contributed by atoms with E-state index in [0.717, 1.165) is 11.1 Å². The highest BCUT2D eigenvalue weighted by Gasteiger charge is 2.15. The summed E-state index contributed by atoms with van der Waals surface area (Å²) in [5.74, 6) is -1.06. The lowest BCUT2D eigenvalue weighted by atomic mass is 10.1. The van der Waals surface area contributed by atoms with Gasteiger partial charge in [-0.15, -0.1) is 24.8 Å². The molecule has 2 N–H and O–H groups in total. The average molecular weight is 265 g/mol. The second-order valence-corrected chi connectivity index (χ2v) is 3.17. The van der Waals surface area contributed by atoms with Crippen molar-refractivity contribution < 1.29 is 9.90 Å². The maximum atomic E-state index is 10.6. The first kappa shape index (κ1) is 17.3. The third kappa shape index (κ3) is 5.09. The molecular weight excluding hydrogens is 251 g/mol. The second-order valence-electron chi connectivity index (χ2n) is 3.17. The molecule has 0 aliphatic heterocycles. The molecular formula is C10H14Cl2N2O2. The molecule has 16 heavy (non-hydrogen) atoms. The van der Waals surface area contributed by atoms with Gasteiger partial charge in [-0.05, 0) is 12.5 Å². The largest absolute Gasteiger partial charge is 0.480 e. The molecule has 0 saturated heterocycles. The van der Waals surface area contributed by atoms with Crippen molar-refractivity contribution in [2.75, 3.05) is 0 Å². The van der Waals surface area contributed by atoms with Crippen molar-refractivity contribution in [1.82, 2.24) is 0 Å². The van der Waals surface area contributed by atoms with Crippen molar-refractivity contribution >= 4 is 30.8 Å². The quantitative estimate of drug-likeness (QED) is 0.821. The molecule has 0 spiro atoms. The molecule has 0 fully saturated rings. The molecule has 0 unspecified atom stereocenters. The minimum absolute atomic E-state index is 0. The normalized spacial score (nSPS) is 10.6. The summed E-state index contributed by atoms with van der Waals surface area (Å²) in [7, 11) is 0. The number of nitrogens with zero attached hydrogens (tertiary/aromatic N) is 1. The number of hydrogen-bond donors (Lipinski definition) is 2. The van der Waals surface area contributed by atoms with E-state index in [-0.39, 0.29) is 31.2 Å². The fraction of sp³-hybridized carbons (Fsp3) is 0.300. The maximum Gasteiger partial charge on any atom is 0.330 e. The van der Waals surface area contributed by atoms with Gasteiger partial charge in [-0.1, -0.05) is 29.8 Å². The Morgan fingerprint density at radius 2 is 1.88 bits per heavy atom. The number of nitrogens with one attached hydrogen (secondary N) is 1. The van der Waals surface area contributed by atoms with Crippen molar-refractivity contribution in [3.63, 3.8) is 0 Å². The number of rotatable bonds is 4. The Morgan fingerprint density at radius 3 is 2.25 bits per heavy atom. The van der Waals surface area contributed by atoms with Crippen LogP contribution < -0.4 is 0 Å². The van der Waals surface area contributed by atoms with E-state index < -0.39 is 12.0 Å². The van der Waals surface area contributed by atoms with E-state index in [4.69, 9.17) is 10.6 Å². The van der Waals surface area contributed by atoms with Crippen LogP contribution in [0.4, 0.5) is 0 Å². The smallest absolute Gasteiger partial charge is 0.330 e. The summed E-state index contributed by atoms with van der Waals surface area (Å²) in [4.78, 5) is 10.6. The van der Waals surface area contributed by atoms with Crippen LogP contribution in [0.2, 0.25) is 0 Å². The topological polar surface area (TPSA) is 73.5 Å². The first-order valence-corrected chi connectivity index (χ1v) is 4.28. The first-order valence-electron chi connectivity index (χ1n) is 4.28. The molecule has 0 heterocycles. The van der Waals surface area contributed by atoms with Crippen LogP contribution in [0.3, 0.4) is 0 Å². The lowest BCUT2D eigenvalue weighted by Crippen LogP contribution is -2.19. The fourth-order valence-electron chi connectivity index (χ4n) is 1.14. The predicted octanol–water partition coefficient (Wildman–Crippen LogP) is 2.87. The fourth-order valence-corrected chi connectivity index (χ4v) is 1.14. The van der Waals surface area contributed by atoms with Gasteiger partial charge in [0.25, 0.3) is 0 Å². The molecule has 6 heteroatoms. The number of aryl methyl sites for hydroxylation is 1. The number of aliphatic carboxylic acids is 1. The lowest BCUT2D eigenvalue weighted by molar-refractivity contribution is -0.138. The van der Waals surface area contributed by atoms with Crippen molar-refractivity contribution in [2.24, 2.45) is 5.11 Å². The van der Waals surface area contributed by atoms with Gasteiger partial charge in [0.1, 0.15) is 0 Å². The van der Waals surface area contributed by atoms with Crippen molar-refractivity contribution in [3.05, 3.63) is 35.4 Å². The Bertz CT molecular complexity index is 341. The molecule has 0 amide bonds. The van der Waals surface area contributed by atoms with Crippen LogP contribution in [0.1, 0.15) is 11.1 Å².